The van der Waals surface area contributed by atoms with Gasteiger partial charge in [-0.3, -0.25) is 0 Å². The van der Waals surface area contributed by atoms with Crippen LogP contribution in [-0.4, -0.2) is 13.2 Å². The minimum Gasteiger partial charge on any atom is -0.494 e. The van der Waals surface area contributed by atoms with Gasteiger partial charge in [0.25, 0.3) is 0 Å². The van der Waals surface area contributed by atoms with Crippen molar-refractivity contribution in [1.29, 1.82) is 0 Å². The summed E-state index contributed by atoms with van der Waals surface area (Å²) < 4.78 is 5.74. The maximum atomic E-state index is 5.74. The van der Waals surface area contributed by atoms with Gasteiger partial charge in [-0.15, -0.1) is 11.3 Å². The predicted octanol–water partition coefficient (Wildman–Crippen LogP) is 5.02. The third-order valence-corrected chi connectivity index (χ3v) is 4.34. The lowest BCUT2D eigenvalue weighted by Gasteiger charge is -2.18. The van der Waals surface area contributed by atoms with Crippen LogP contribution in [0.4, 0.5) is 0 Å². The molecule has 114 valence electrons. The molecule has 1 heterocycles. The standard InChI is InChI=1S/C18H25NOS/c1-3-5-13-20-16-10-8-15(9-11-16)18(19-12-4-2)17-7-6-14-21-17/h6-11,14,18-19H,3-5,12-13H2,1-2H3. The number of benzene rings is 1. The molecule has 21 heavy (non-hydrogen) atoms. The first-order valence-corrected chi connectivity index (χ1v) is 8.72. The molecular weight excluding hydrogens is 278 g/mol. The lowest BCUT2D eigenvalue weighted by molar-refractivity contribution is 0.309. The van der Waals surface area contributed by atoms with Crippen molar-refractivity contribution in [2.75, 3.05) is 13.2 Å². The fourth-order valence-electron chi connectivity index (χ4n) is 2.22. The van der Waals surface area contributed by atoms with Gasteiger partial charge in [0.2, 0.25) is 0 Å². The Morgan fingerprint density at radius 3 is 2.52 bits per heavy atom. The number of ether oxygens (including phenoxy) is 1. The van der Waals surface area contributed by atoms with Crippen molar-refractivity contribution in [3.05, 3.63) is 52.2 Å². The largest absolute Gasteiger partial charge is 0.494 e. The van der Waals surface area contributed by atoms with E-state index in [2.05, 4.69) is 60.9 Å². The minimum atomic E-state index is 0.287. The third kappa shape index (κ3) is 4.87. The summed E-state index contributed by atoms with van der Waals surface area (Å²) in [7, 11) is 0. The van der Waals surface area contributed by atoms with E-state index in [4.69, 9.17) is 4.74 Å². The Hall–Kier alpha value is -1.32. The van der Waals surface area contributed by atoms with Crippen LogP contribution < -0.4 is 10.1 Å². The normalized spacial score (nSPS) is 12.3. The first-order chi connectivity index (χ1) is 10.3. The highest BCUT2D eigenvalue weighted by atomic mass is 32.1. The highest BCUT2D eigenvalue weighted by molar-refractivity contribution is 7.10. The van der Waals surface area contributed by atoms with E-state index in [-0.39, 0.29) is 6.04 Å². The van der Waals surface area contributed by atoms with Crippen LogP contribution in [0.3, 0.4) is 0 Å². The lowest BCUT2D eigenvalue weighted by atomic mass is 10.1. The van der Waals surface area contributed by atoms with Crippen molar-refractivity contribution in [3.8, 4) is 5.75 Å². The van der Waals surface area contributed by atoms with E-state index >= 15 is 0 Å². The molecule has 1 N–H and O–H groups in total. The van der Waals surface area contributed by atoms with E-state index in [1.54, 1.807) is 11.3 Å². The number of hydrogen-bond donors (Lipinski definition) is 1. The van der Waals surface area contributed by atoms with Crippen molar-refractivity contribution in [2.45, 2.75) is 39.2 Å². The van der Waals surface area contributed by atoms with Crippen LogP contribution in [0.15, 0.2) is 41.8 Å². The average Bonchev–Trinajstić information content (AvgIpc) is 3.03. The topological polar surface area (TPSA) is 21.3 Å². The zero-order chi connectivity index (χ0) is 14.9. The minimum absolute atomic E-state index is 0.287. The molecule has 1 aromatic carbocycles. The van der Waals surface area contributed by atoms with Crippen molar-refractivity contribution in [1.82, 2.24) is 5.32 Å². The zero-order valence-corrected chi connectivity index (χ0v) is 13.8. The molecule has 2 nitrogen and oxygen atoms in total. The van der Waals surface area contributed by atoms with Crippen LogP contribution in [0.1, 0.15) is 49.6 Å². The Balaban J connectivity index is 2.06. The summed E-state index contributed by atoms with van der Waals surface area (Å²) in [5, 5.41) is 5.77. The van der Waals surface area contributed by atoms with Gasteiger partial charge in [-0.05, 0) is 48.5 Å². The fraction of sp³-hybridized carbons (Fsp3) is 0.444. The van der Waals surface area contributed by atoms with E-state index in [9.17, 15) is 0 Å². The molecule has 0 aliphatic carbocycles. The molecule has 0 saturated carbocycles. The highest BCUT2D eigenvalue weighted by Crippen LogP contribution is 2.27. The molecule has 1 atom stereocenters. The maximum absolute atomic E-state index is 5.74. The Bertz CT molecular complexity index is 492. The molecule has 0 aliphatic heterocycles. The Kier molecular flexibility index (Phi) is 6.77. The van der Waals surface area contributed by atoms with E-state index in [0.29, 0.717) is 0 Å². The lowest BCUT2D eigenvalue weighted by Crippen LogP contribution is -2.22. The SMILES string of the molecule is CCCCOc1ccc(C(NCCC)c2cccs2)cc1. The van der Waals surface area contributed by atoms with Crippen LogP contribution >= 0.6 is 11.3 Å². The van der Waals surface area contributed by atoms with Gasteiger partial charge in [0, 0.05) is 4.88 Å². The van der Waals surface area contributed by atoms with Crippen molar-refractivity contribution >= 4 is 11.3 Å². The zero-order valence-electron chi connectivity index (χ0n) is 13.0. The Morgan fingerprint density at radius 2 is 1.90 bits per heavy atom. The monoisotopic (exact) mass is 303 g/mol. The van der Waals surface area contributed by atoms with Crippen molar-refractivity contribution in [3.63, 3.8) is 0 Å². The molecule has 2 rings (SSSR count). The molecule has 0 saturated heterocycles. The number of thiophene rings is 1. The van der Waals surface area contributed by atoms with Gasteiger partial charge in [-0.2, -0.15) is 0 Å². The van der Waals surface area contributed by atoms with Crippen LogP contribution in [0.2, 0.25) is 0 Å². The van der Waals surface area contributed by atoms with Crippen LogP contribution in [0, 0.1) is 0 Å². The van der Waals surface area contributed by atoms with E-state index in [1.807, 2.05) is 0 Å². The molecule has 0 aliphatic rings. The number of hydrogen-bond acceptors (Lipinski definition) is 3. The predicted molar refractivity (Wildman–Crippen MR) is 91.3 cm³/mol. The quantitative estimate of drug-likeness (QED) is 0.657. The molecule has 1 unspecified atom stereocenters. The highest BCUT2D eigenvalue weighted by Gasteiger charge is 2.14. The van der Waals surface area contributed by atoms with E-state index in [1.165, 1.54) is 16.9 Å². The molecule has 0 fully saturated rings. The van der Waals surface area contributed by atoms with Crippen molar-refractivity contribution in [2.24, 2.45) is 0 Å². The summed E-state index contributed by atoms with van der Waals surface area (Å²) >= 11 is 1.80. The Labute approximate surface area is 132 Å². The third-order valence-electron chi connectivity index (χ3n) is 3.41. The summed E-state index contributed by atoms with van der Waals surface area (Å²) in [6, 6.07) is 13.1. The van der Waals surface area contributed by atoms with Gasteiger partial charge in [0.05, 0.1) is 12.6 Å². The van der Waals surface area contributed by atoms with Crippen LogP contribution in [0.25, 0.3) is 0 Å². The summed E-state index contributed by atoms with van der Waals surface area (Å²) in [5.41, 5.74) is 1.30. The average molecular weight is 303 g/mol. The van der Waals surface area contributed by atoms with Crippen LogP contribution in [-0.2, 0) is 0 Å². The van der Waals surface area contributed by atoms with Gasteiger partial charge < -0.3 is 10.1 Å². The van der Waals surface area contributed by atoms with Gasteiger partial charge in [0.1, 0.15) is 5.75 Å². The van der Waals surface area contributed by atoms with E-state index < -0.39 is 0 Å². The molecule has 1 aromatic heterocycles. The molecule has 2 aromatic rings. The number of rotatable bonds is 9. The van der Waals surface area contributed by atoms with Gasteiger partial charge in [-0.25, -0.2) is 0 Å². The van der Waals surface area contributed by atoms with Crippen LogP contribution in [0.5, 0.6) is 5.75 Å². The molecule has 3 heteroatoms. The second kappa shape index (κ2) is 8.85. The second-order valence-corrected chi connectivity index (χ2v) is 6.15. The maximum Gasteiger partial charge on any atom is 0.119 e. The molecule has 0 bridgehead atoms. The first-order valence-electron chi connectivity index (χ1n) is 7.84. The second-order valence-electron chi connectivity index (χ2n) is 5.17. The summed E-state index contributed by atoms with van der Waals surface area (Å²) in [5.74, 6) is 0.965. The molecule has 0 amide bonds. The Morgan fingerprint density at radius 1 is 1.10 bits per heavy atom. The smallest absolute Gasteiger partial charge is 0.119 e. The van der Waals surface area contributed by atoms with Gasteiger partial charge in [0.15, 0.2) is 0 Å². The summed E-state index contributed by atoms with van der Waals surface area (Å²) in [6.45, 7) is 6.20. The van der Waals surface area contributed by atoms with Crippen molar-refractivity contribution < 1.29 is 4.74 Å². The molecular formula is C18H25NOS. The number of unbranched alkanes of at least 4 members (excludes halogenated alkanes) is 1. The fourth-order valence-corrected chi connectivity index (χ4v) is 3.04. The number of nitrogens with one attached hydrogen (secondary N) is 1. The summed E-state index contributed by atoms with van der Waals surface area (Å²) in [6.07, 6.45) is 3.41. The first kappa shape index (κ1) is 16.1. The molecule has 0 spiro atoms. The van der Waals surface area contributed by atoms with Gasteiger partial charge in [-0.1, -0.05) is 38.5 Å². The molecule has 0 radical (unpaired) electrons. The summed E-state index contributed by atoms with van der Waals surface area (Å²) in [4.78, 5) is 1.36. The van der Waals surface area contributed by atoms with Gasteiger partial charge >= 0.3 is 0 Å². The van der Waals surface area contributed by atoms with E-state index in [0.717, 1.165) is 31.7 Å².